The van der Waals surface area contributed by atoms with Gasteiger partial charge in [-0.2, -0.15) is 0 Å². The fraction of sp³-hybridized carbons (Fsp3) is 0.280. The van der Waals surface area contributed by atoms with Crippen LogP contribution in [0.4, 0.5) is 0 Å². The lowest BCUT2D eigenvalue weighted by Crippen LogP contribution is -2.28. The van der Waals surface area contributed by atoms with Gasteiger partial charge in [0.1, 0.15) is 11.6 Å². The summed E-state index contributed by atoms with van der Waals surface area (Å²) in [6.07, 6.45) is 2.31. The molecule has 0 aliphatic carbocycles. The van der Waals surface area contributed by atoms with Crippen molar-refractivity contribution in [1.29, 1.82) is 0 Å². The van der Waals surface area contributed by atoms with Gasteiger partial charge in [0.15, 0.2) is 5.76 Å². The fourth-order valence-electron chi connectivity index (χ4n) is 3.69. The van der Waals surface area contributed by atoms with Crippen LogP contribution in [-0.2, 0) is 6.54 Å². The van der Waals surface area contributed by atoms with E-state index in [1.165, 1.54) is 17.4 Å². The van der Waals surface area contributed by atoms with Gasteiger partial charge < -0.3 is 19.0 Å². The number of imidazole rings is 1. The number of nitrogens with one attached hydrogen (secondary N) is 1. The minimum atomic E-state index is -0.273. The zero-order chi connectivity index (χ0) is 21.8. The van der Waals surface area contributed by atoms with E-state index in [1.807, 2.05) is 37.3 Å². The van der Waals surface area contributed by atoms with Crippen molar-refractivity contribution in [1.82, 2.24) is 14.9 Å². The molecule has 2 aromatic carbocycles. The van der Waals surface area contributed by atoms with Crippen LogP contribution in [0.3, 0.4) is 0 Å². The Morgan fingerprint density at radius 3 is 2.77 bits per heavy atom. The second-order valence-electron chi connectivity index (χ2n) is 7.68. The van der Waals surface area contributed by atoms with Gasteiger partial charge in [-0.25, -0.2) is 4.98 Å². The molecule has 0 fully saturated rings. The number of nitrogens with zero attached hydrogens (tertiary/aromatic N) is 2. The molecule has 4 aromatic rings. The Balaban J connectivity index is 1.48. The Kier molecular flexibility index (Phi) is 6.07. The molecule has 160 valence electrons. The lowest BCUT2D eigenvalue weighted by atomic mass is 10.1. The van der Waals surface area contributed by atoms with Crippen LogP contribution in [0.1, 0.15) is 46.9 Å². The van der Waals surface area contributed by atoms with Crippen molar-refractivity contribution in [3.05, 3.63) is 83.6 Å². The van der Waals surface area contributed by atoms with E-state index < -0.39 is 0 Å². The van der Waals surface area contributed by atoms with Crippen molar-refractivity contribution in [2.45, 2.75) is 39.8 Å². The molecule has 0 bridgehead atoms. The first-order valence-electron chi connectivity index (χ1n) is 10.5. The molecule has 1 N–H and O–H groups in total. The third kappa shape index (κ3) is 4.48. The number of para-hydroxylation sites is 2. The number of carbonyl (C=O) groups is 1. The van der Waals surface area contributed by atoms with Gasteiger partial charge in [-0.3, -0.25) is 4.79 Å². The predicted octanol–water partition coefficient (Wildman–Crippen LogP) is 5.21. The molecule has 31 heavy (non-hydrogen) atoms. The molecule has 6 nitrogen and oxygen atoms in total. The Bertz CT molecular complexity index is 1180. The molecular weight excluding hydrogens is 390 g/mol. The Morgan fingerprint density at radius 1 is 1.13 bits per heavy atom. The van der Waals surface area contributed by atoms with Crippen molar-refractivity contribution < 1.29 is 13.9 Å². The number of ether oxygens (including phenoxy) is 1. The summed E-state index contributed by atoms with van der Waals surface area (Å²) in [5, 5.41) is 2.98. The first-order chi connectivity index (χ1) is 15.0. The first-order valence-corrected chi connectivity index (χ1v) is 10.5. The highest BCUT2D eigenvalue weighted by Crippen LogP contribution is 2.23. The van der Waals surface area contributed by atoms with Crippen LogP contribution in [0.2, 0.25) is 0 Å². The Labute approximate surface area is 181 Å². The standard InChI is InChI=1S/C25H27N3O3/c1-17-9-6-12-22(18(17)2)30-16-8-14-28-21-11-5-4-10-20(21)27-24(28)19(3)26-25(29)23-13-7-15-31-23/h4-7,9-13,15,19H,8,14,16H2,1-3H3,(H,26,29). The number of furan rings is 1. The average Bonchev–Trinajstić information content (AvgIpc) is 3.42. The van der Waals surface area contributed by atoms with Crippen LogP contribution in [0.5, 0.6) is 5.75 Å². The number of hydrogen-bond donors (Lipinski definition) is 1. The number of rotatable bonds is 8. The van der Waals surface area contributed by atoms with Crippen LogP contribution >= 0.6 is 0 Å². The van der Waals surface area contributed by atoms with Crippen molar-refractivity contribution in [3.8, 4) is 5.75 Å². The maximum atomic E-state index is 12.4. The molecule has 0 spiro atoms. The number of carbonyl (C=O) groups excluding carboxylic acids is 1. The summed E-state index contributed by atoms with van der Waals surface area (Å²) < 4.78 is 13.4. The fourth-order valence-corrected chi connectivity index (χ4v) is 3.69. The maximum absolute atomic E-state index is 12.4. The van der Waals surface area contributed by atoms with E-state index in [9.17, 15) is 4.79 Å². The molecule has 2 heterocycles. The molecule has 0 aliphatic rings. The molecule has 1 unspecified atom stereocenters. The maximum Gasteiger partial charge on any atom is 0.287 e. The predicted molar refractivity (Wildman–Crippen MR) is 120 cm³/mol. The van der Waals surface area contributed by atoms with Crippen molar-refractivity contribution in [2.24, 2.45) is 0 Å². The highest BCUT2D eigenvalue weighted by molar-refractivity contribution is 5.91. The van der Waals surface area contributed by atoms with Gasteiger partial charge in [0.2, 0.25) is 0 Å². The molecule has 6 heteroatoms. The van der Waals surface area contributed by atoms with Crippen molar-refractivity contribution in [2.75, 3.05) is 6.61 Å². The smallest absolute Gasteiger partial charge is 0.287 e. The van der Waals surface area contributed by atoms with Crippen LogP contribution in [0, 0.1) is 13.8 Å². The molecular formula is C25H27N3O3. The minimum absolute atomic E-state index is 0.255. The zero-order valence-corrected chi connectivity index (χ0v) is 18.1. The normalized spacial score (nSPS) is 12.1. The monoisotopic (exact) mass is 417 g/mol. The van der Waals surface area contributed by atoms with Gasteiger partial charge in [0.25, 0.3) is 5.91 Å². The van der Waals surface area contributed by atoms with E-state index in [0.29, 0.717) is 6.61 Å². The highest BCUT2D eigenvalue weighted by Gasteiger charge is 2.20. The summed E-state index contributed by atoms with van der Waals surface area (Å²) >= 11 is 0. The van der Waals surface area contributed by atoms with Crippen LogP contribution < -0.4 is 10.1 Å². The molecule has 0 radical (unpaired) electrons. The summed E-state index contributed by atoms with van der Waals surface area (Å²) in [5.74, 6) is 1.77. The van der Waals surface area contributed by atoms with E-state index in [4.69, 9.17) is 14.1 Å². The van der Waals surface area contributed by atoms with E-state index in [0.717, 1.165) is 35.6 Å². The molecule has 1 amide bonds. The molecule has 4 rings (SSSR count). The van der Waals surface area contributed by atoms with E-state index in [2.05, 4.69) is 35.9 Å². The number of amides is 1. The molecule has 0 saturated heterocycles. The minimum Gasteiger partial charge on any atom is -0.493 e. The lowest BCUT2D eigenvalue weighted by molar-refractivity contribution is 0.0909. The number of benzene rings is 2. The van der Waals surface area contributed by atoms with Crippen molar-refractivity contribution >= 4 is 16.9 Å². The third-order valence-electron chi connectivity index (χ3n) is 5.50. The third-order valence-corrected chi connectivity index (χ3v) is 5.50. The second kappa shape index (κ2) is 9.08. The topological polar surface area (TPSA) is 69.3 Å². The average molecular weight is 418 g/mol. The summed E-state index contributed by atoms with van der Waals surface area (Å²) in [6, 6.07) is 17.2. The van der Waals surface area contributed by atoms with Gasteiger partial charge in [-0.15, -0.1) is 0 Å². The van der Waals surface area contributed by atoms with Gasteiger partial charge in [-0.1, -0.05) is 24.3 Å². The quantitative estimate of drug-likeness (QED) is 0.400. The number of fused-ring (bicyclic) bond motifs is 1. The van der Waals surface area contributed by atoms with Gasteiger partial charge >= 0.3 is 0 Å². The molecule has 2 aromatic heterocycles. The van der Waals surface area contributed by atoms with E-state index in [1.54, 1.807) is 12.1 Å². The molecule has 0 saturated carbocycles. The Morgan fingerprint density at radius 2 is 1.97 bits per heavy atom. The van der Waals surface area contributed by atoms with Gasteiger partial charge in [-0.05, 0) is 68.7 Å². The number of hydrogen-bond acceptors (Lipinski definition) is 4. The summed E-state index contributed by atoms with van der Waals surface area (Å²) in [5.41, 5.74) is 4.35. The summed E-state index contributed by atoms with van der Waals surface area (Å²) in [6.45, 7) is 7.44. The van der Waals surface area contributed by atoms with Gasteiger partial charge in [0.05, 0.1) is 29.9 Å². The van der Waals surface area contributed by atoms with Gasteiger partial charge in [0, 0.05) is 6.54 Å². The second-order valence-corrected chi connectivity index (χ2v) is 7.68. The molecule has 0 aliphatic heterocycles. The first kappa shape index (κ1) is 20.7. The molecule has 1 atom stereocenters. The largest absolute Gasteiger partial charge is 0.493 e. The van der Waals surface area contributed by atoms with Crippen LogP contribution in [0.25, 0.3) is 11.0 Å². The van der Waals surface area contributed by atoms with E-state index >= 15 is 0 Å². The lowest BCUT2D eigenvalue weighted by Gasteiger charge is -2.16. The number of aromatic nitrogens is 2. The Hall–Kier alpha value is -3.54. The van der Waals surface area contributed by atoms with Crippen LogP contribution in [-0.4, -0.2) is 22.1 Å². The van der Waals surface area contributed by atoms with E-state index in [-0.39, 0.29) is 17.7 Å². The van der Waals surface area contributed by atoms with Crippen LogP contribution in [0.15, 0.2) is 65.3 Å². The SMILES string of the molecule is Cc1cccc(OCCCn2c(C(C)NC(=O)c3ccco3)nc3ccccc32)c1C. The highest BCUT2D eigenvalue weighted by atomic mass is 16.5. The van der Waals surface area contributed by atoms with Crippen molar-refractivity contribution in [3.63, 3.8) is 0 Å². The zero-order valence-electron chi connectivity index (χ0n) is 18.1. The summed E-state index contributed by atoms with van der Waals surface area (Å²) in [7, 11) is 0. The number of aryl methyl sites for hydroxylation is 2. The summed E-state index contributed by atoms with van der Waals surface area (Å²) in [4.78, 5) is 17.2.